The normalized spacial score (nSPS) is 18.0. The molecule has 1 fully saturated rings. The van der Waals surface area contributed by atoms with E-state index in [2.05, 4.69) is 56.8 Å². The van der Waals surface area contributed by atoms with Gasteiger partial charge in [-0.25, -0.2) is 0 Å². The van der Waals surface area contributed by atoms with Gasteiger partial charge in [-0.3, -0.25) is 9.89 Å². The Bertz CT molecular complexity index is 458. The molecule has 1 unspecified atom stereocenters. The highest BCUT2D eigenvalue weighted by molar-refractivity contribution is 14.0. The van der Waals surface area contributed by atoms with Gasteiger partial charge in [0.1, 0.15) is 0 Å². The van der Waals surface area contributed by atoms with Crippen LogP contribution in [0.5, 0.6) is 0 Å². The van der Waals surface area contributed by atoms with Crippen LogP contribution >= 0.6 is 35.3 Å². The summed E-state index contributed by atoms with van der Waals surface area (Å²) in [4.78, 5) is 10.8. The molecule has 0 amide bonds. The molecule has 1 aliphatic heterocycles. The third-order valence-electron chi connectivity index (χ3n) is 4.46. The van der Waals surface area contributed by atoms with E-state index >= 15 is 0 Å². The lowest BCUT2D eigenvalue weighted by Crippen LogP contribution is -2.49. The fraction of sp³-hybridized carbons (Fsp3) is 0.706. The number of thiophene rings is 1. The Morgan fingerprint density at radius 3 is 2.54 bits per heavy atom. The van der Waals surface area contributed by atoms with Crippen LogP contribution in [-0.4, -0.2) is 75.2 Å². The molecule has 24 heavy (non-hydrogen) atoms. The maximum absolute atomic E-state index is 4.32. The summed E-state index contributed by atoms with van der Waals surface area (Å²) in [6, 6.07) is 4.31. The predicted molar refractivity (Wildman–Crippen MR) is 116 cm³/mol. The third kappa shape index (κ3) is 7.25. The van der Waals surface area contributed by atoms with Crippen LogP contribution in [0.15, 0.2) is 22.5 Å². The van der Waals surface area contributed by atoms with Gasteiger partial charge in [-0.1, -0.05) is 19.9 Å². The van der Waals surface area contributed by atoms with Crippen LogP contribution in [0.25, 0.3) is 0 Å². The van der Waals surface area contributed by atoms with Gasteiger partial charge in [0.2, 0.25) is 0 Å². The van der Waals surface area contributed by atoms with Crippen LogP contribution in [0, 0.1) is 0 Å². The molecule has 7 heteroatoms. The number of hydrogen-bond donors (Lipinski definition) is 2. The lowest BCUT2D eigenvalue weighted by molar-refractivity contribution is 0.139. The van der Waals surface area contributed by atoms with Gasteiger partial charge in [0.05, 0.1) is 0 Å². The van der Waals surface area contributed by atoms with Crippen LogP contribution in [0.1, 0.15) is 24.6 Å². The molecular weight excluding hydrogens is 433 g/mol. The van der Waals surface area contributed by atoms with Gasteiger partial charge in [0.25, 0.3) is 0 Å². The molecule has 0 radical (unpaired) electrons. The maximum Gasteiger partial charge on any atom is 0.191 e. The SMILES string of the molecule is CCN1CCN(CCNC(=NC)NCC(C)c2cccs2)CC1.I. The number of nitrogens with one attached hydrogen (secondary N) is 2. The number of rotatable bonds is 7. The number of aliphatic imine (C=N–C) groups is 1. The number of piperazine rings is 1. The molecule has 1 atom stereocenters. The van der Waals surface area contributed by atoms with E-state index in [0.29, 0.717) is 5.92 Å². The summed E-state index contributed by atoms with van der Waals surface area (Å²) in [5.41, 5.74) is 0. The monoisotopic (exact) mass is 465 g/mol. The first-order valence-corrected chi connectivity index (χ1v) is 9.53. The lowest BCUT2D eigenvalue weighted by atomic mass is 10.1. The van der Waals surface area contributed by atoms with Crippen molar-refractivity contribution in [3.05, 3.63) is 22.4 Å². The topological polar surface area (TPSA) is 42.9 Å². The molecule has 0 saturated carbocycles. The second-order valence-corrected chi connectivity index (χ2v) is 7.05. The molecule has 1 aromatic heterocycles. The Morgan fingerprint density at radius 2 is 1.96 bits per heavy atom. The van der Waals surface area contributed by atoms with Crippen LogP contribution in [0.2, 0.25) is 0 Å². The zero-order valence-corrected chi connectivity index (χ0v) is 18.3. The second-order valence-electron chi connectivity index (χ2n) is 6.07. The van der Waals surface area contributed by atoms with E-state index < -0.39 is 0 Å². The summed E-state index contributed by atoms with van der Waals surface area (Å²) >= 11 is 1.82. The van der Waals surface area contributed by atoms with Crippen molar-refractivity contribution >= 4 is 41.3 Å². The second kappa shape index (κ2) is 12.1. The Labute approximate surface area is 167 Å². The quantitative estimate of drug-likeness (QED) is 0.369. The van der Waals surface area contributed by atoms with Crippen LogP contribution < -0.4 is 10.6 Å². The van der Waals surface area contributed by atoms with E-state index in [4.69, 9.17) is 0 Å². The van der Waals surface area contributed by atoms with Gasteiger partial charge in [-0.05, 0) is 18.0 Å². The number of guanidine groups is 1. The largest absolute Gasteiger partial charge is 0.356 e. The van der Waals surface area contributed by atoms with E-state index in [-0.39, 0.29) is 24.0 Å². The first kappa shape index (κ1) is 21.7. The number of likely N-dealkylation sites (N-methyl/N-ethyl adjacent to an activating group) is 1. The fourth-order valence-electron chi connectivity index (χ4n) is 2.80. The van der Waals surface area contributed by atoms with Crippen molar-refractivity contribution in [2.45, 2.75) is 19.8 Å². The van der Waals surface area contributed by atoms with Crippen molar-refractivity contribution in [2.24, 2.45) is 4.99 Å². The molecule has 1 aliphatic rings. The minimum Gasteiger partial charge on any atom is -0.356 e. The fourth-order valence-corrected chi connectivity index (χ4v) is 3.59. The standard InChI is InChI=1S/C17H31N5S.HI/c1-4-21-9-11-22(12-10-21)8-7-19-17(18-3)20-14-15(2)16-6-5-13-23-16;/h5-6,13,15H,4,7-12,14H2,1-3H3,(H2,18,19,20);1H. The summed E-state index contributed by atoms with van der Waals surface area (Å²) in [6.07, 6.45) is 0. The minimum atomic E-state index is 0. The molecule has 0 spiro atoms. The van der Waals surface area contributed by atoms with E-state index in [1.807, 2.05) is 18.4 Å². The lowest BCUT2D eigenvalue weighted by Gasteiger charge is -2.34. The highest BCUT2D eigenvalue weighted by atomic mass is 127. The highest BCUT2D eigenvalue weighted by Gasteiger charge is 2.14. The van der Waals surface area contributed by atoms with Gasteiger partial charge < -0.3 is 15.5 Å². The molecule has 2 N–H and O–H groups in total. The van der Waals surface area contributed by atoms with Crippen LogP contribution in [-0.2, 0) is 0 Å². The van der Waals surface area contributed by atoms with Crippen molar-refractivity contribution in [3.8, 4) is 0 Å². The number of hydrogen-bond acceptors (Lipinski definition) is 4. The molecule has 2 heterocycles. The van der Waals surface area contributed by atoms with E-state index in [9.17, 15) is 0 Å². The highest BCUT2D eigenvalue weighted by Crippen LogP contribution is 2.19. The maximum atomic E-state index is 4.32. The Balaban J connectivity index is 0.00000288. The molecule has 0 aromatic carbocycles. The van der Waals surface area contributed by atoms with Crippen molar-refractivity contribution in [1.29, 1.82) is 0 Å². The van der Waals surface area contributed by atoms with Gasteiger partial charge in [-0.2, -0.15) is 0 Å². The Kier molecular flexibility index (Phi) is 10.9. The molecular formula is C17H32IN5S. The summed E-state index contributed by atoms with van der Waals surface area (Å²) in [7, 11) is 1.84. The summed E-state index contributed by atoms with van der Waals surface area (Å²) < 4.78 is 0. The van der Waals surface area contributed by atoms with E-state index in [1.165, 1.54) is 37.6 Å². The molecule has 2 rings (SSSR count). The smallest absolute Gasteiger partial charge is 0.191 e. The molecule has 138 valence electrons. The van der Waals surface area contributed by atoms with Crippen LogP contribution in [0.4, 0.5) is 0 Å². The number of halogens is 1. The molecule has 5 nitrogen and oxygen atoms in total. The molecule has 0 bridgehead atoms. The van der Waals surface area contributed by atoms with Crippen molar-refractivity contribution in [3.63, 3.8) is 0 Å². The van der Waals surface area contributed by atoms with Crippen molar-refractivity contribution in [2.75, 3.05) is 59.4 Å². The summed E-state index contributed by atoms with van der Waals surface area (Å²) in [6.45, 7) is 13.3. The minimum absolute atomic E-state index is 0. The summed E-state index contributed by atoms with van der Waals surface area (Å²) in [5, 5.41) is 9.00. The average molecular weight is 465 g/mol. The van der Waals surface area contributed by atoms with Gasteiger partial charge in [0, 0.05) is 63.7 Å². The summed E-state index contributed by atoms with van der Waals surface area (Å²) in [5.74, 6) is 1.41. The van der Waals surface area contributed by atoms with E-state index in [0.717, 1.165) is 25.6 Å². The first-order valence-electron chi connectivity index (χ1n) is 8.65. The Morgan fingerprint density at radius 1 is 1.25 bits per heavy atom. The predicted octanol–water partition coefficient (Wildman–Crippen LogP) is 2.27. The number of nitrogens with zero attached hydrogens (tertiary/aromatic N) is 3. The van der Waals surface area contributed by atoms with E-state index in [1.54, 1.807) is 0 Å². The molecule has 1 aromatic rings. The molecule has 1 saturated heterocycles. The first-order chi connectivity index (χ1) is 11.2. The Hall–Kier alpha value is -0.380. The molecule has 0 aliphatic carbocycles. The zero-order chi connectivity index (χ0) is 16.5. The van der Waals surface area contributed by atoms with Crippen molar-refractivity contribution in [1.82, 2.24) is 20.4 Å². The average Bonchev–Trinajstić information content (AvgIpc) is 3.13. The van der Waals surface area contributed by atoms with Gasteiger partial charge in [0.15, 0.2) is 5.96 Å². The third-order valence-corrected chi connectivity index (χ3v) is 5.56. The van der Waals surface area contributed by atoms with Gasteiger partial charge >= 0.3 is 0 Å². The van der Waals surface area contributed by atoms with Crippen molar-refractivity contribution < 1.29 is 0 Å². The van der Waals surface area contributed by atoms with Crippen LogP contribution in [0.3, 0.4) is 0 Å². The zero-order valence-electron chi connectivity index (χ0n) is 15.1. The van der Waals surface area contributed by atoms with Gasteiger partial charge in [-0.15, -0.1) is 35.3 Å².